The molecule has 0 spiro atoms. The molecule has 1 N–H and O–H groups in total. The van der Waals surface area contributed by atoms with Crippen LogP contribution in [0, 0.1) is 11.8 Å². The fraction of sp³-hybridized carbons (Fsp3) is 1.00. The van der Waals surface area contributed by atoms with Gasteiger partial charge in [0, 0.05) is 12.6 Å². The lowest BCUT2D eigenvalue weighted by Crippen LogP contribution is -2.37. The van der Waals surface area contributed by atoms with E-state index in [1.807, 2.05) is 0 Å². The lowest BCUT2D eigenvalue weighted by atomic mass is 10.1. The molecule has 1 atom stereocenters. The van der Waals surface area contributed by atoms with E-state index in [1.165, 1.54) is 32.2 Å². The summed E-state index contributed by atoms with van der Waals surface area (Å²) in [4.78, 5) is 2.58. The van der Waals surface area contributed by atoms with E-state index in [1.54, 1.807) is 0 Å². The van der Waals surface area contributed by atoms with Crippen molar-refractivity contribution in [3.63, 3.8) is 0 Å². The van der Waals surface area contributed by atoms with Gasteiger partial charge in [0.05, 0.1) is 0 Å². The SMILES string of the molecule is CC(C)CNCC(C)CN(C)C1CCCC1. The first kappa shape index (κ1) is 14.0. The van der Waals surface area contributed by atoms with Crippen LogP contribution in [0.1, 0.15) is 46.5 Å². The molecular formula is C14H30N2. The number of rotatable bonds is 7. The van der Waals surface area contributed by atoms with Gasteiger partial charge in [-0.25, -0.2) is 0 Å². The second-order valence-corrected chi connectivity index (χ2v) is 6.04. The van der Waals surface area contributed by atoms with Gasteiger partial charge in [0.25, 0.3) is 0 Å². The van der Waals surface area contributed by atoms with Crippen LogP contribution in [0.15, 0.2) is 0 Å². The Hall–Kier alpha value is -0.0800. The predicted octanol–water partition coefficient (Wildman–Crippen LogP) is 2.74. The van der Waals surface area contributed by atoms with Crippen LogP contribution >= 0.6 is 0 Å². The van der Waals surface area contributed by atoms with E-state index in [0.29, 0.717) is 0 Å². The van der Waals surface area contributed by atoms with Crippen LogP contribution in [0.4, 0.5) is 0 Å². The average Bonchev–Trinajstić information content (AvgIpc) is 2.69. The molecule has 1 rings (SSSR count). The molecule has 2 heteroatoms. The fourth-order valence-corrected chi connectivity index (χ4v) is 2.67. The Morgan fingerprint density at radius 3 is 2.31 bits per heavy atom. The minimum absolute atomic E-state index is 0.764. The van der Waals surface area contributed by atoms with Crippen molar-refractivity contribution in [1.82, 2.24) is 10.2 Å². The smallest absolute Gasteiger partial charge is 0.00923 e. The Kier molecular flexibility index (Phi) is 6.37. The molecule has 1 fully saturated rings. The molecule has 2 nitrogen and oxygen atoms in total. The van der Waals surface area contributed by atoms with E-state index < -0.39 is 0 Å². The van der Waals surface area contributed by atoms with E-state index in [2.05, 4.69) is 38.0 Å². The van der Waals surface area contributed by atoms with Crippen molar-refractivity contribution >= 4 is 0 Å². The van der Waals surface area contributed by atoms with Crippen molar-refractivity contribution in [2.75, 3.05) is 26.7 Å². The quantitative estimate of drug-likeness (QED) is 0.718. The average molecular weight is 226 g/mol. The summed E-state index contributed by atoms with van der Waals surface area (Å²) in [6.45, 7) is 10.5. The molecular weight excluding hydrogens is 196 g/mol. The van der Waals surface area contributed by atoms with Gasteiger partial charge in [0.1, 0.15) is 0 Å². The topological polar surface area (TPSA) is 15.3 Å². The largest absolute Gasteiger partial charge is 0.316 e. The third kappa shape index (κ3) is 5.31. The maximum Gasteiger partial charge on any atom is 0.00923 e. The zero-order chi connectivity index (χ0) is 12.0. The van der Waals surface area contributed by atoms with Crippen molar-refractivity contribution in [2.24, 2.45) is 11.8 Å². The van der Waals surface area contributed by atoms with Gasteiger partial charge in [-0.05, 0) is 44.8 Å². The van der Waals surface area contributed by atoms with Crippen LogP contribution < -0.4 is 5.32 Å². The van der Waals surface area contributed by atoms with Crippen molar-refractivity contribution in [3.8, 4) is 0 Å². The summed E-state index contributed by atoms with van der Waals surface area (Å²) >= 11 is 0. The van der Waals surface area contributed by atoms with E-state index in [9.17, 15) is 0 Å². The van der Waals surface area contributed by atoms with Gasteiger partial charge in [-0.1, -0.05) is 33.6 Å². The summed E-state index contributed by atoms with van der Waals surface area (Å²) in [5.41, 5.74) is 0. The van der Waals surface area contributed by atoms with Gasteiger partial charge < -0.3 is 10.2 Å². The van der Waals surface area contributed by atoms with Gasteiger partial charge in [0.15, 0.2) is 0 Å². The molecule has 96 valence electrons. The van der Waals surface area contributed by atoms with E-state index in [-0.39, 0.29) is 0 Å². The monoisotopic (exact) mass is 226 g/mol. The fourth-order valence-electron chi connectivity index (χ4n) is 2.67. The third-order valence-electron chi connectivity index (χ3n) is 3.59. The lowest BCUT2D eigenvalue weighted by molar-refractivity contribution is 0.211. The van der Waals surface area contributed by atoms with Gasteiger partial charge in [-0.2, -0.15) is 0 Å². The standard InChI is InChI=1S/C14H30N2/c1-12(2)9-15-10-13(3)11-16(4)14-7-5-6-8-14/h12-15H,5-11H2,1-4H3. The Morgan fingerprint density at radius 1 is 1.12 bits per heavy atom. The normalized spacial score (nSPS) is 19.9. The zero-order valence-corrected chi connectivity index (χ0v) is 11.6. The summed E-state index contributed by atoms with van der Waals surface area (Å²) in [6.07, 6.45) is 5.72. The summed E-state index contributed by atoms with van der Waals surface area (Å²) in [5, 5.41) is 3.55. The van der Waals surface area contributed by atoms with E-state index >= 15 is 0 Å². The summed E-state index contributed by atoms with van der Waals surface area (Å²) in [7, 11) is 2.30. The first-order chi connectivity index (χ1) is 7.59. The molecule has 0 heterocycles. The van der Waals surface area contributed by atoms with Gasteiger partial charge in [0.2, 0.25) is 0 Å². The predicted molar refractivity (Wildman–Crippen MR) is 71.8 cm³/mol. The minimum Gasteiger partial charge on any atom is -0.316 e. The highest BCUT2D eigenvalue weighted by molar-refractivity contribution is 4.76. The molecule has 0 amide bonds. The molecule has 0 aromatic heterocycles. The van der Waals surface area contributed by atoms with Crippen LogP contribution in [0.2, 0.25) is 0 Å². The molecule has 0 bridgehead atoms. The van der Waals surface area contributed by atoms with Crippen LogP contribution in [0.3, 0.4) is 0 Å². The van der Waals surface area contributed by atoms with Crippen molar-refractivity contribution in [1.29, 1.82) is 0 Å². The molecule has 16 heavy (non-hydrogen) atoms. The number of nitrogens with one attached hydrogen (secondary N) is 1. The first-order valence-corrected chi connectivity index (χ1v) is 7.00. The maximum atomic E-state index is 3.55. The molecule has 0 aliphatic heterocycles. The number of nitrogens with zero attached hydrogens (tertiary/aromatic N) is 1. The summed E-state index contributed by atoms with van der Waals surface area (Å²) in [6, 6.07) is 0.868. The molecule has 1 aliphatic carbocycles. The zero-order valence-electron chi connectivity index (χ0n) is 11.6. The summed E-state index contributed by atoms with van der Waals surface area (Å²) in [5.74, 6) is 1.53. The Bertz CT molecular complexity index is 174. The third-order valence-corrected chi connectivity index (χ3v) is 3.59. The highest BCUT2D eigenvalue weighted by Gasteiger charge is 2.20. The first-order valence-electron chi connectivity index (χ1n) is 7.00. The van der Waals surface area contributed by atoms with Crippen molar-refractivity contribution in [3.05, 3.63) is 0 Å². The van der Waals surface area contributed by atoms with Crippen molar-refractivity contribution in [2.45, 2.75) is 52.5 Å². The number of hydrogen-bond donors (Lipinski definition) is 1. The van der Waals surface area contributed by atoms with E-state index in [0.717, 1.165) is 31.0 Å². The van der Waals surface area contributed by atoms with Crippen LogP contribution in [-0.4, -0.2) is 37.6 Å². The van der Waals surface area contributed by atoms with Gasteiger partial charge in [-0.3, -0.25) is 0 Å². The second-order valence-electron chi connectivity index (χ2n) is 6.04. The van der Waals surface area contributed by atoms with Gasteiger partial charge >= 0.3 is 0 Å². The molecule has 1 aliphatic rings. The maximum absolute atomic E-state index is 3.55. The van der Waals surface area contributed by atoms with Crippen LogP contribution in [0.5, 0.6) is 0 Å². The molecule has 0 saturated heterocycles. The van der Waals surface area contributed by atoms with Gasteiger partial charge in [-0.15, -0.1) is 0 Å². The molecule has 1 saturated carbocycles. The summed E-state index contributed by atoms with van der Waals surface area (Å²) < 4.78 is 0. The van der Waals surface area contributed by atoms with Crippen LogP contribution in [0.25, 0.3) is 0 Å². The second kappa shape index (κ2) is 7.29. The Balaban J connectivity index is 2.10. The van der Waals surface area contributed by atoms with E-state index in [4.69, 9.17) is 0 Å². The molecule has 0 aromatic rings. The van der Waals surface area contributed by atoms with Crippen LogP contribution in [-0.2, 0) is 0 Å². The Morgan fingerprint density at radius 2 is 1.75 bits per heavy atom. The van der Waals surface area contributed by atoms with Crippen molar-refractivity contribution < 1.29 is 0 Å². The highest BCUT2D eigenvalue weighted by Crippen LogP contribution is 2.22. The molecule has 0 radical (unpaired) electrons. The number of hydrogen-bond acceptors (Lipinski definition) is 2. The molecule has 1 unspecified atom stereocenters. The lowest BCUT2D eigenvalue weighted by Gasteiger charge is -2.27. The highest BCUT2D eigenvalue weighted by atomic mass is 15.1. The Labute approximate surface area is 102 Å². The minimum atomic E-state index is 0.764. The molecule has 0 aromatic carbocycles.